The van der Waals surface area contributed by atoms with E-state index >= 15 is 0 Å². The van der Waals surface area contributed by atoms with Crippen LogP contribution >= 0.6 is 11.8 Å². The lowest BCUT2D eigenvalue weighted by molar-refractivity contribution is -0.118. The molecule has 1 N–H and O–H groups in total. The van der Waals surface area contributed by atoms with Gasteiger partial charge in [0.25, 0.3) is 0 Å². The summed E-state index contributed by atoms with van der Waals surface area (Å²) in [6.07, 6.45) is 2.29. The molecule has 1 amide bonds. The molecule has 1 aromatic heterocycles. The van der Waals surface area contributed by atoms with E-state index in [1.54, 1.807) is 0 Å². The SMILES string of the molecule is Cc1cc(C)nc(SCC(=O)NCC2(c3ccccc3)CC2)n1. The van der Waals surface area contributed by atoms with E-state index in [1.165, 1.54) is 17.3 Å². The predicted octanol–water partition coefficient (Wildman–Crippen LogP) is 3.03. The summed E-state index contributed by atoms with van der Waals surface area (Å²) < 4.78 is 0. The van der Waals surface area contributed by atoms with Crippen molar-refractivity contribution < 1.29 is 4.79 Å². The Morgan fingerprint density at radius 3 is 2.43 bits per heavy atom. The minimum absolute atomic E-state index is 0.0416. The number of aromatic nitrogens is 2. The summed E-state index contributed by atoms with van der Waals surface area (Å²) in [7, 11) is 0. The van der Waals surface area contributed by atoms with Crippen LogP contribution in [0.5, 0.6) is 0 Å². The lowest BCUT2D eigenvalue weighted by Gasteiger charge is -2.16. The standard InChI is InChI=1S/C18H21N3OS/c1-13-10-14(2)21-17(20-13)23-11-16(22)19-12-18(8-9-18)15-6-4-3-5-7-15/h3-7,10H,8-9,11-12H2,1-2H3,(H,19,22). The number of amides is 1. The molecule has 1 aliphatic rings. The van der Waals surface area contributed by atoms with Crippen LogP contribution in [-0.2, 0) is 10.2 Å². The molecular weight excluding hydrogens is 306 g/mol. The third-order valence-corrected chi connectivity index (χ3v) is 5.01. The van der Waals surface area contributed by atoms with E-state index in [2.05, 4.69) is 39.6 Å². The van der Waals surface area contributed by atoms with Crippen molar-refractivity contribution in [2.75, 3.05) is 12.3 Å². The number of hydrogen-bond donors (Lipinski definition) is 1. The lowest BCUT2D eigenvalue weighted by atomic mass is 9.96. The number of carbonyl (C=O) groups is 1. The van der Waals surface area contributed by atoms with Crippen molar-refractivity contribution in [2.24, 2.45) is 0 Å². The second-order valence-electron chi connectivity index (χ2n) is 6.15. The van der Waals surface area contributed by atoms with Gasteiger partial charge in [-0.3, -0.25) is 4.79 Å². The second-order valence-corrected chi connectivity index (χ2v) is 7.09. The quantitative estimate of drug-likeness (QED) is 0.654. The molecular formula is C18H21N3OS. The van der Waals surface area contributed by atoms with E-state index in [4.69, 9.17) is 0 Å². The molecule has 1 aliphatic carbocycles. The Hall–Kier alpha value is -1.88. The molecule has 5 heteroatoms. The van der Waals surface area contributed by atoms with Gasteiger partial charge in [0.05, 0.1) is 5.75 Å². The first kappa shape index (κ1) is 16.0. The van der Waals surface area contributed by atoms with Crippen molar-refractivity contribution >= 4 is 17.7 Å². The molecule has 0 spiro atoms. The van der Waals surface area contributed by atoms with Crippen molar-refractivity contribution in [1.82, 2.24) is 15.3 Å². The minimum atomic E-state index is 0.0416. The van der Waals surface area contributed by atoms with Gasteiger partial charge in [0.1, 0.15) is 0 Å². The average Bonchev–Trinajstić information content (AvgIpc) is 3.32. The van der Waals surface area contributed by atoms with Gasteiger partial charge in [0, 0.05) is 23.3 Å². The predicted molar refractivity (Wildman–Crippen MR) is 92.6 cm³/mol. The van der Waals surface area contributed by atoms with Gasteiger partial charge in [0.2, 0.25) is 5.91 Å². The van der Waals surface area contributed by atoms with Gasteiger partial charge in [0.15, 0.2) is 5.16 Å². The highest BCUT2D eigenvalue weighted by atomic mass is 32.2. The van der Waals surface area contributed by atoms with Crippen LogP contribution in [0.1, 0.15) is 29.8 Å². The smallest absolute Gasteiger partial charge is 0.230 e. The van der Waals surface area contributed by atoms with Crippen LogP contribution < -0.4 is 5.32 Å². The van der Waals surface area contributed by atoms with Gasteiger partial charge < -0.3 is 5.32 Å². The Kier molecular flexibility index (Phi) is 4.66. The first-order chi connectivity index (χ1) is 11.1. The number of thioether (sulfide) groups is 1. The minimum Gasteiger partial charge on any atom is -0.354 e. The van der Waals surface area contributed by atoms with E-state index in [-0.39, 0.29) is 11.3 Å². The van der Waals surface area contributed by atoms with Gasteiger partial charge >= 0.3 is 0 Å². The molecule has 0 bridgehead atoms. The zero-order chi connectivity index (χ0) is 16.3. The Labute approximate surface area is 141 Å². The highest BCUT2D eigenvalue weighted by Crippen LogP contribution is 2.47. The number of nitrogens with zero attached hydrogens (tertiary/aromatic N) is 2. The van der Waals surface area contributed by atoms with E-state index in [1.807, 2.05) is 26.0 Å². The number of rotatable bonds is 6. The fourth-order valence-corrected chi connectivity index (χ4v) is 3.50. The van der Waals surface area contributed by atoms with Gasteiger partial charge in [-0.05, 0) is 38.3 Å². The van der Waals surface area contributed by atoms with Crippen LogP contribution in [0.15, 0.2) is 41.6 Å². The third-order valence-electron chi connectivity index (χ3n) is 4.16. The first-order valence-corrected chi connectivity index (χ1v) is 8.83. The van der Waals surface area contributed by atoms with Crippen molar-refractivity contribution in [3.8, 4) is 0 Å². The van der Waals surface area contributed by atoms with Crippen molar-refractivity contribution in [3.63, 3.8) is 0 Å². The molecule has 1 aromatic carbocycles. The Balaban J connectivity index is 1.50. The number of aryl methyl sites for hydroxylation is 2. The third kappa shape index (κ3) is 4.10. The normalized spacial score (nSPS) is 15.2. The van der Waals surface area contributed by atoms with Crippen LogP contribution in [0.4, 0.5) is 0 Å². The molecule has 1 fully saturated rings. The van der Waals surface area contributed by atoms with Crippen molar-refractivity contribution in [2.45, 2.75) is 37.3 Å². The summed E-state index contributed by atoms with van der Waals surface area (Å²) in [5, 5.41) is 3.74. The lowest BCUT2D eigenvalue weighted by Crippen LogP contribution is -2.33. The topological polar surface area (TPSA) is 54.9 Å². The summed E-state index contributed by atoms with van der Waals surface area (Å²) in [5.41, 5.74) is 3.34. The van der Waals surface area contributed by atoms with Crippen molar-refractivity contribution in [3.05, 3.63) is 53.3 Å². The summed E-state index contributed by atoms with van der Waals surface area (Å²) >= 11 is 1.39. The molecule has 0 saturated heterocycles. The van der Waals surface area contributed by atoms with E-state index in [9.17, 15) is 4.79 Å². The maximum Gasteiger partial charge on any atom is 0.230 e. The number of nitrogens with one attached hydrogen (secondary N) is 1. The monoisotopic (exact) mass is 327 g/mol. The van der Waals surface area contributed by atoms with Crippen LogP contribution in [0.3, 0.4) is 0 Å². The summed E-state index contributed by atoms with van der Waals surface area (Å²) in [5.74, 6) is 0.397. The first-order valence-electron chi connectivity index (χ1n) is 7.85. The van der Waals surface area contributed by atoms with Crippen molar-refractivity contribution in [1.29, 1.82) is 0 Å². The molecule has 0 unspecified atom stereocenters. The summed E-state index contributed by atoms with van der Waals surface area (Å²) in [6.45, 7) is 4.59. The largest absolute Gasteiger partial charge is 0.354 e. The number of carbonyl (C=O) groups excluding carboxylic acids is 1. The maximum atomic E-state index is 12.1. The summed E-state index contributed by atoms with van der Waals surface area (Å²) in [4.78, 5) is 20.8. The highest BCUT2D eigenvalue weighted by Gasteiger charge is 2.44. The van der Waals surface area contributed by atoms with Crippen LogP contribution in [0.2, 0.25) is 0 Å². The Morgan fingerprint density at radius 2 is 1.83 bits per heavy atom. The molecule has 1 saturated carbocycles. The molecule has 2 aromatic rings. The Bertz CT molecular complexity index is 678. The van der Waals surface area contributed by atoms with Gasteiger partial charge in [-0.15, -0.1) is 0 Å². The zero-order valence-electron chi connectivity index (χ0n) is 13.5. The van der Waals surface area contributed by atoms with Crippen LogP contribution in [0.25, 0.3) is 0 Å². The highest BCUT2D eigenvalue weighted by molar-refractivity contribution is 7.99. The summed E-state index contributed by atoms with van der Waals surface area (Å²) in [6, 6.07) is 12.4. The van der Waals surface area contributed by atoms with E-state index < -0.39 is 0 Å². The fraction of sp³-hybridized carbons (Fsp3) is 0.389. The van der Waals surface area contributed by atoms with Gasteiger partial charge in [-0.2, -0.15) is 0 Å². The molecule has 3 rings (SSSR count). The van der Waals surface area contributed by atoms with E-state index in [0.29, 0.717) is 17.5 Å². The average molecular weight is 327 g/mol. The second kappa shape index (κ2) is 6.71. The molecule has 0 atom stereocenters. The molecule has 0 radical (unpaired) electrons. The molecule has 1 heterocycles. The van der Waals surface area contributed by atoms with E-state index in [0.717, 1.165) is 24.2 Å². The fourth-order valence-electron chi connectivity index (χ4n) is 2.72. The van der Waals surface area contributed by atoms with Gasteiger partial charge in [-0.25, -0.2) is 9.97 Å². The molecule has 23 heavy (non-hydrogen) atoms. The van der Waals surface area contributed by atoms with Gasteiger partial charge in [-0.1, -0.05) is 42.1 Å². The number of benzene rings is 1. The Morgan fingerprint density at radius 1 is 1.17 bits per heavy atom. The molecule has 0 aliphatic heterocycles. The van der Waals surface area contributed by atoms with Crippen LogP contribution in [-0.4, -0.2) is 28.2 Å². The molecule has 4 nitrogen and oxygen atoms in total. The maximum absolute atomic E-state index is 12.1. The van der Waals surface area contributed by atoms with Crippen LogP contribution in [0, 0.1) is 13.8 Å². The number of hydrogen-bond acceptors (Lipinski definition) is 4. The molecule has 120 valence electrons. The zero-order valence-corrected chi connectivity index (χ0v) is 14.3.